The first-order valence-electron chi connectivity index (χ1n) is 26.3. The van der Waals surface area contributed by atoms with Crippen LogP contribution in [0.1, 0.15) is 91.0 Å². The predicted octanol–water partition coefficient (Wildman–Crippen LogP) is 10.9. The Morgan fingerprint density at radius 2 is 0.974 bits per heavy atom. The Morgan fingerprint density at radius 3 is 1.45 bits per heavy atom. The third kappa shape index (κ3) is 13.2. The van der Waals surface area contributed by atoms with Gasteiger partial charge in [0.25, 0.3) is 0 Å². The summed E-state index contributed by atoms with van der Waals surface area (Å²) in [6.45, 7) is 4.51. The number of likely N-dealkylation sites (tertiary alicyclic amines) is 4. The number of aromatic nitrogens is 2. The number of carboxylic acids is 2. The van der Waals surface area contributed by atoms with Crippen molar-refractivity contribution in [2.24, 2.45) is 11.8 Å². The van der Waals surface area contributed by atoms with Gasteiger partial charge in [-0.2, -0.15) is 13.2 Å². The van der Waals surface area contributed by atoms with Gasteiger partial charge in [0.05, 0.1) is 5.56 Å². The summed E-state index contributed by atoms with van der Waals surface area (Å²) in [5.41, 5.74) is 4.37. The van der Waals surface area contributed by atoms with Crippen LogP contribution in [0.3, 0.4) is 0 Å². The number of hydrogen-bond donors (Lipinski definition) is 4. The van der Waals surface area contributed by atoms with E-state index >= 15 is 0 Å². The Kier molecular flexibility index (Phi) is 17.0. The number of carbonyl (C=O) groups excluding carboxylic acids is 2. The number of fused-ring (bicyclic) bond motifs is 2. The van der Waals surface area contributed by atoms with E-state index in [0.717, 1.165) is 91.1 Å². The van der Waals surface area contributed by atoms with E-state index in [1.807, 2.05) is 23.2 Å². The lowest BCUT2D eigenvalue weighted by Gasteiger charge is -2.41. The number of nitrogens with one attached hydrogen (secondary N) is 2. The van der Waals surface area contributed by atoms with Crippen LogP contribution in [0.25, 0.3) is 34.0 Å². The van der Waals surface area contributed by atoms with Gasteiger partial charge in [0, 0.05) is 78.6 Å². The normalized spacial score (nSPS) is 19.0. The fraction of sp³-hybridized carbons (Fsp3) is 0.390. The molecule has 10 rings (SSSR count). The van der Waals surface area contributed by atoms with E-state index in [4.69, 9.17) is 0 Å². The van der Waals surface area contributed by atoms with Gasteiger partial charge in [-0.15, -0.1) is 0 Å². The number of hydrogen-bond acceptors (Lipinski definition) is 6. The highest BCUT2D eigenvalue weighted by molar-refractivity contribution is 5.92. The van der Waals surface area contributed by atoms with Crippen LogP contribution in [-0.4, -0.2) is 128 Å². The summed E-state index contributed by atoms with van der Waals surface area (Å²) >= 11 is 0. The molecule has 4 N–H and O–H groups in total. The lowest BCUT2D eigenvalue weighted by molar-refractivity contribution is -0.148. The molecule has 406 valence electrons. The molecule has 2 atom stereocenters. The van der Waals surface area contributed by atoms with E-state index in [1.165, 1.54) is 59.5 Å². The molecule has 6 heterocycles. The van der Waals surface area contributed by atoms with E-state index in [1.54, 1.807) is 15.9 Å². The molecule has 4 aliphatic heterocycles. The molecular weight excluding hydrogens is 1000 g/mol. The molecule has 0 saturated carbocycles. The number of nitrogens with zero attached hydrogens (tertiary/aromatic N) is 4. The fourth-order valence-electron chi connectivity index (χ4n) is 12.1. The molecule has 18 heteroatoms. The van der Waals surface area contributed by atoms with Gasteiger partial charge in [-0.1, -0.05) is 30.3 Å². The third-order valence-corrected chi connectivity index (χ3v) is 16.1. The first-order chi connectivity index (χ1) is 37.0. The Balaban J connectivity index is 0.000000188. The molecule has 4 saturated heterocycles. The van der Waals surface area contributed by atoms with Gasteiger partial charge >= 0.3 is 18.1 Å². The van der Waals surface area contributed by atoms with Crippen LogP contribution < -0.4 is 0 Å². The second kappa shape index (κ2) is 24.0. The average molecular weight is 1070 g/mol. The van der Waals surface area contributed by atoms with E-state index < -0.39 is 47.4 Å². The predicted molar refractivity (Wildman–Crippen MR) is 281 cm³/mol. The average Bonchev–Trinajstić information content (AvgIpc) is 4.05. The highest BCUT2D eigenvalue weighted by Gasteiger charge is 2.40. The van der Waals surface area contributed by atoms with Crippen molar-refractivity contribution in [1.29, 1.82) is 0 Å². The van der Waals surface area contributed by atoms with Crippen LogP contribution in [0.2, 0.25) is 0 Å². The maximum absolute atomic E-state index is 13.6. The molecule has 2 unspecified atom stereocenters. The largest absolute Gasteiger partial charge is 0.480 e. The summed E-state index contributed by atoms with van der Waals surface area (Å²) in [6, 6.07) is 19.5. The van der Waals surface area contributed by atoms with Gasteiger partial charge in [0.2, 0.25) is 11.8 Å². The number of aliphatic carboxylic acids is 2. The zero-order chi connectivity index (χ0) is 54.4. The van der Waals surface area contributed by atoms with E-state index in [0.29, 0.717) is 76.4 Å². The van der Waals surface area contributed by atoms with E-state index in [2.05, 4.69) is 33.2 Å². The molecule has 0 bridgehead atoms. The Labute approximate surface area is 442 Å². The number of amides is 2. The van der Waals surface area contributed by atoms with Crippen LogP contribution in [0.5, 0.6) is 0 Å². The summed E-state index contributed by atoms with van der Waals surface area (Å²) in [7, 11) is 0. The fourth-order valence-corrected chi connectivity index (χ4v) is 12.1. The number of alkyl halides is 3. The molecule has 2 aromatic heterocycles. The number of carboxylic acid groups (broad SMARTS) is 2. The van der Waals surface area contributed by atoms with Crippen LogP contribution >= 0.6 is 0 Å². The van der Waals surface area contributed by atoms with Gasteiger partial charge in [-0.05, 0) is 184 Å². The lowest BCUT2D eigenvalue weighted by atomic mass is 9.84. The number of para-hydroxylation sites is 1. The topological polar surface area (TPSA) is 153 Å². The summed E-state index contributed by atoms with van der Waals surface area (Å²) in [4.78, 5) is 63.9. The molecule has 4 fully saturated rings. The van der Waals surface area contributed by atoms with Crippen LogP contribution in [0.15, 0.2) is 109 Å². The van der Waals surface area contributed by atoms with Crippen molar-refractivity contribution >= 4 is 57.7 Å². The minimum absolute atomic E-state index is 0.0462. The molecule has 0 spiro atoms. The first-order valence-corrected chi connectivity index (χ1v) is 26.3. The maximum Gasteiger partial charge on any atom is 0.416 e. The maximum atomic E-state index is 13.6. The SMILES string of the molecule is O=C(O)C(C1CCN(C(=O)/C=C/c2cc(F)cc(F)c2)CC1)N1CCC(c2c[nH]c3cc(F)ccc23)CC1.O=C(O)C(C1CCN(C(=O)/C=C/c2ccc(C(F)(F)F)cc2)CC1)N1CCC(c2c[nH]c3ccccc23)CC1. The van der Waals surface area contributed by atoms with Crippen molar-refractivity contribution in [3.63, 3.8) is 0 Å². The molecule has 4 aliphatic rings. The van der Waals surface area contributed by atoms with Crippen molar-refractivity contribution in [1.82, 2.24) is 29.6 Å². The monoisotopic (exact) mass is 1060 g/mol. The van der Waals surface area contributed by atoms with Gasteiger partial charge in [-0.25, -0.2) is 13.2 Å². The second-order valence-corrected chi connectivity index (χ2v) is 20.7. The number of rotatable bonds is 12. The van der Waals surface area contributed by atoms with Crippen LogP contribution in [0, 0.1) is 29.3 Å². The van der Waals surface area contributed by atoms with E-state index in [9.17, 15) is 55.7 Å². The molecule has 77 heavy (non-hydrogen) atoms. The van der Waals surface area contributed by atoms with Gasteiger partial charge in [-0.3, -0.25) is 29.0 Å². The molecule has 4 aromatic carbocycles. The molecule has 2 amide bonds. The number of H-pyrrole nitrogens is 2. The van der Waals surface area contributed by atoms with Crippen molar-refractivity contribution in [2.75, 3.05) is 52.4 Å². The minimum Gasteiger partial charge on any atom is -0.480 e. The zero-order valence-electron chi connectivity index (χ0n) is 42.4. The lowest BCUT2D eigenvalue weighted by Crippen LogP contribution is -2.52. The first kappa shape index (κ1) is 54.6. The minimum atomic E-state index is -4.40. The summed E-state index contributed by atoms with van der Waals surface area (Å²) < 4.78 is 78.5. The van der Waals surface area contributed by atoms with E-state index in [-0.39, 0.29) is 40.9 Å². The number of benzene rings is 4. The molecule has 0 radical (unpaired) electrons. The standard InChI is InChI=1S/C30H32F3N3O3.C29H30F3N3O3/c31-30(32,33)23-8-5-20(6-9-23)7-10-27(37)35-15-13-22(14-16-35)28(29(38)39)36-17-11-21(12-18-36)25-19-34-26-4-2-1-3-24(25)26;30-21-2-3-24-25(17-33-26(24)16-21)19-5-11-35(12-6-19)28(29(37)38)20-7-9-34(10-8-20)27(36)4-1-18-13-22(31)15-23(32)14-18/h1-10,19,21-22,28,34H,11-18H2,(H,38,39);1-4,13-17,19-20,28,33H,5-12H2,(H,37,38)/b10-7+;4-1+. The van der Waals surface area contributed by atoms with Gasteiger partial charge < -0.3 is 30.0 Å². The Bertz CT molecular complexity index is 3080. The quantitative estimate of drug-likeness (QED) is 0.0698. The number of aromatic amines is 2. The molecule has 6 aromatic rings. The summed E-state index contributed by atoms with van der Waals surface area (Å²) in [5, 5.41) is 22.4. The number of carbonyl (C=O) groups is 4. The second-order valence-electron chi connectivity index (χ2n) is 20.7. The zero-order valence-corrected chi connectivity index (χ0v) is 42.4. The summed E-state index contributed by atoms with van der Waals surface area (Å²) in [6.07, 6.45) is 10.9. The molecule has 12 nitrogen and oxygen atoms in total. The van der Waals surface area contributed by atoms with Crippen LogP contribution in [-0.2, 0) is 25.4 Å². The van der Waals surface area contributed by atoms with Crippen molar-refractivity contribution in [2.45, 2.75) is 81.5 Å². The van der Waals surface area contributed by atoms with Crippen molar-refractivity contribution < 1.29 is 55.7 Å². The number of piperidine rings is 4. The summed E-state index contributed by atoms with van der Waals surface area (Å²) in [5.74, 6) is -3.30. The van der Waals surface area contributed by atoms with Crippen molar-refractivity contribution in [3.05, 3.63) is 155 Å². The number of halogens is 6. The van der Waals surface area contributed by atoms with Gasteiger partial charge in [0.1, 0.15) is 29.5 Å². The van der Waals surface area contributed by atoms with Gasteiger partial charge in [0.15, 0.2) is 0 Å². The smallest absolute Gasteiger partial charge is 0.416 e. The Morgan fingerprint density at radius 1 is 0.519 bits per heavy atom. The Hall–Kier alpha value is -7.18. The third-order valence-electron chi connectivity index (χ3n) is 16.1. The molecule has 0 aliphatic carbocycles. The molecular formula is C59H62F6N6O6. The van der Waals surface area contributed by atoms with Crippen molar-refractivity contribution in [3.8, 4) is 0 Å². The highest BCUT2D eigenvalue weighted by atomic mass is 19.4. The van der Waals surface area contributed by atoms with Crippen LogP contribution in [0.4, 0.5) is 26.3 Å². The highest BCUT2D eigenvalue weighted by Crippen LogP contribution is 2.38.